The Morgan fingerprint density at radius 1 is 1.04 bits per heavy atom. The zero-order valence-electron chi connectivity index (χ0n) is 12.8. The van der Waals surface area contributed by atoms with Gasteiger partial charge in [-0.1, -0.05) is 5.04 Å². The number of hydrogen-bond acceptors (Lipinski definition) is 8. The number of anilines is 1. The van der Waals surface area contributed by atoms with Crippen molar-refractivity contribution in [1.82, 2.24) is 0 Å². The van der Waals surface area contributed by atoms with Gasteiger partial charge in [-0.05, 0) is 24.3 Å². The Balaban J connectivity index is 3.15. The molecule has 0 saturated heterocycles. The fraction of sp³-hybridized carbons (Fsp3) is 0.455. The highest BCUT2D eigenvalue weighted by Gasteiger charge is 2.79. The van der Waals surface area contributed by atoms with Gasteiger partial charge in [0.1, 0.15) is 17.8 Å². The Labute approximate surface area is 147 Å². The van der Waals surface area contributed by atoms with Crippen LogP contribution in [0.4, 0.5) is 32.0 Å². The van der Waals surface area contributed by atoms with E-state index in [1.165, 1.54) is 12.1 Å². The van der Waals surface area contributed by atoms with E-state index >= 15 is 0 Å². The Bertz CT molecular complexity index is 712. The first-order valence-electron chi connectivity index (χ1n) is 6.20. The number of benzene rings is 1. The molecule has 0 aromatic heterocycles. The van der Waals surface area contributed by atoms with Crippen LogP contribution in [0.3, 0.4) is 0 Å². The molecule has 0 aliphatic rings. The summed E-state index contributed by atoms with van der Waals surface area (Å²) in [5.41, 5.74) is 0.482. The quantitative estimate of drug-likeness (QED) is 0.210. The van der Waals surface area contributed by atoms with Crippen LogP contribution in [-0.4, -0.2) is 44.2 Å². The highest BCUT2D eigenvalue weighted by molar-refractivity contribution is 7.95. The monoisotopic (exact) mass is 431 g/mol. The Kier molecular flexibility index (Phi) is 6.68. The van der Waals surface area contributed by atoms with Crippen LogP contribution in [0.25, 0.3) is 0 Å². The van der Waals surface area contributed by atoms with E-state index in [0.29, 0.717) is 5.69 Å². The van der Waals surface area contributed by atoms with Crippen LogP contribution in [0.15, 0.2) is 24.3 Å². The molecule has 1 aromatic rings. The fourth-order valence-electron chi connectivity index (χ4n) is 1.42. The van der Waals surface area contributed by atoms with E-state index in [9.17, 15) is 34.8 Å². The van der Waals surface area contributed by atoms with Crippen LogP contribution in [0.1, 0.15) is 0 Å². The third-order valence-corrected chi connectivity index (χ3v) is 4.66. The van der Waals surface area contributed by atoms with Gasteiger partial charge in [0.25, 0.3) is 0 Å². The van der Waals surface area contributed by atoms with Crippen molar-refractivity contribution in [3.63, 3.8) is 0 Å². The van der Waals surface area contributed by atoms with Gasteiger partial charge in [-0.15, -0.1) is 4.33 Å². The largest absolute Gasteiger partial charge is 0.450 e. The highest BCUT2D eigenvalue weighted by atomic mass is 32.2. The maximum absolute atomic E-state index is 13.7. The molecule has 0 saturated carbocycles. The molecular formula is C11H11F6NO6S2. The second-order valence-electron chi connectivity index (χ2n) is 4.76. The van der Waals surface area contributed by atoms with Gasteiger partial charge >= 0.3 is 26.5 Å². The van der Waals surface area contributed by atoms with Crippen molar-refractivity contribution in [2.45, 2.75) is 16.4 Å². The summed E-state index contributed by atoms with van der Waals surface area (Å²) < 4.78 is 110. The number of alkyl halides is 6. The zero-order valence-corrected chi connectivity index (χ0v) is 14.5. The Morgan fingerprint density at radius 3 is 1.96 bits per heavy atom. The molecule has 0 aliphatic carbocycles. The summed E-state index contributed by atoms with van der Waals surface area (Å²) in [7, 11) is -3.37. The van der Waals surface area contributed by atoms with Crippen LogP contribution in [0.2, 0.25) is 0 Å². The third kappa shape index (κ3) is 4.28. The van der Waals surface area contributed by atoms with Gasteiger partial charge in [-0.3, -0.25) is 0 Å². The molecule has 0 unspecified atom stereocenters. The molecule has 15 heteroatoms. The third-order valence-electron chi connectivity index (χ3n) is 2.77. The van der Waals surface area contributed by atoms with Crippen LogP contribution in [0, 0.1) is 0 Å². The summed E-state index contributed by atoms with van der Waals surface area (Å²) in [5, 5.41) is -1.90. The molecule has 0 heterocycles. The second-order valence-corrected chi connectivity index (χ2v) is 7.16. The Morgan fingerprint density at radius 2 is 1.54 bits per heavy atom. The molecule has 0 spiro atoms. The van der Waals surface area contributed by atoms with Crippen molar-refractivity contribution in [2.75, 3.05) is 19.0 Å². The van der Waals surface area contributed by atoms with E-state index in [0.717, 1.165) is 12.1 Å². The van der Waals surface area contributed by atoms with Crippen LogP contribution >= 0.6 is 12.0 Å². The molecular weight excluding hydrogens is 420 g/mol. The van der Waals surface area contributed by atoms with Gasteiger partial charge < -0.3 is 9.08 Å². The standard InChI is InChI=1S/C11H11F6NO6S2/c1-18(2)7-3-5-8(6-4-7)22-26(20,21)11(16,17)9(12,13)10(14,15)25-24-23-19/h3-6,19H,1-2H3. The first-order chi connectivity index (χ1) is 11.7. The van der Waals surface area contributed by atoms with E-state index in [1.54, 1.807) is 19.0 Å². The molecule has 1 N–H and O–H groups in total. The van der Waals surface area contributed by atoms with Gasteiger partial charge in [0.2, 0.25) is 0 Å². The molecule has 1 rings (SSSR count). The molecule has 0 bridgehead atoms. The van der Waals surface area contributed by atoms with Gasteiger partial charge in [-0.25, -0.2) is 5.26 Å². The van der Waals surface area contributed by atoms with Crippen molar-refractivity contribution >= 4 is 27.8 Å². The summed E-state index contributed by atoms with van der Waals surface area (Å²) in [4.78, 5) is 1.54. The van der Waals surface area contributed by atoms with Crippen molar-refractivity contribution in [3.05, 3.63) is 24.3 Å². The lowest BCUT2D eigenvalue weighted by molar-refractivity contribution is -0.434. The van der Waals surface area contributed by atoms with Crippen molar-refractivity contribution in [2.24, 2.45) is 0 Å². The normalized spacial score (nSPS) is 13.6. The average molecular weight is 431 g/mol. The SMILES string of the molecule is CN(C)c1ccc(OS(=O)(=O)C(F)(F)C(F)(F)C(F)(F)SOOO)cc1. The van der Waals surface area contributed by atoms with Gasteiger partial charge in [0.05, 0.1) is 0 Å². The molecule has 0 fully saturated rings. The van der Waals surface area contributed by atoms with E-state index < -0.39 is 44.3 Å². The van der Waals surface area contributed by atoms with E-state index in [4.69, 9.17) is 5.26 Å². The molecule has 26 heavy (non-hydrogen) atoms. The molecule has 0 aliphatic heterocycles. The molecule has 150 valence electrons. The molecule has 0 amide bonds. The summed E-state index contributed by atoms with van der Waals surface area (Å²) in [6.45, 7) is 0. The van der Waals surface area contributed by atoms with Crippen LogP contribution in [0.5, 0.6) is 5.75 Å². The number of hydrogen-bond donors (Lipinski definition) is 1. The highest BCUT2D eigenvalue weighted by Crippen LogP contribution is 2.53. The van der Waals surface area contributed by atoms with E-state index in [2.05, 4.69) is 13.6 Å². The zero-order chi connectivity index (χ0) is 20.4. The second kappa shape index (κ2) is 7.67. The maximum atomic E-state index is 13.7. The number of nitrogens with zero attached hydrogens (tertiary/aromatic N) is 1. The first-order valence-corrected chi connectivity index (χ1v) is 8.35. The van der Waals surface area contributed by atoms with Crippen LogP contribution < -0.4 is 9.08 Å². The fourth-order valence-corrected chi connectivity index (χ4v) is 2.74. The van der Waals surface area contributed by atoms with Gasteiger partial charge in [-0.2, -0.15) is 34.8 Å². The van der Waals surface area contributed by atoms with Gasteiger partial charge in [0, 0.05) is 19.8 Å². The summed E-state index contributed by atoms with van der Waals surface area (Å²) >= 11 is -1.72. The smallest absolute Gasteiger partial charge is 0.378 e. The minimum absolute atomic E-state index is 0.482. The molecule has 1 aromatic carbocycles. The topological polar surface area (TPSA) is 85.3 Å². The lowest BCUT2D eigenvalue weighted by Gasteiger charge is -2.29. The first kappa shape index (κ1) is 22.6. The number of halogens is 6. The minimum Gasteiger partial charge on any atom is -0.378 e. The predicted molar refractivity (Wildman–Crippen MR) is 77.5 cm³/mol. The van der Waals surface area contributed by atoms with Crippen molar-refractivity contribution in [1.29, 1.82) is 0 Å². The summed E-state index contributed by atoms with van der Waals surface area (Å²) in [5.74, 6) is -7.30. The molecule has 0 radical (unpaired) electrons. The molecule has 7 nitrogen and oxygen atoms in total. The van der Waals surface area contributed by atoms with E-state index in [-0.39, 0.29) is 0 Å². The predicted octanol–water partition coefficient (Wildman–Crippen LogP) is 3.35. The summed E-state index contributed by atoms with van der Waals surface area (Å²) in [6.07, 6.45) is 0. The number of rotatable bonds is 9. The lowest BCUT2D eigenvalue weighted by Crippen LogP contribution is -2.57. The lowest BCUT2D eigenvalue weighted by atomic mass is 10.3. The van der Waals surface area contributed by atoms with Crippen molar-refractivity contribution < 1.29 is 53.6 Å². The van der Waals surface area contributed by atoms with Crippen molar-refractivity contribution in [3.8, 4) is 5.75 Å². The van der Waals surface area contributed by atoms with Gasteiger partial charge in [0.15, 0.2) is 0 Å². The maximum Gasteiger partial charge on any atom is 0.450 e. The Hall–Kier alpha value is -1.42. The van der Waals surface area contributed by atoms with Crippen LogP contribution in [-0.2, 0) is 19.5 Å². The average Bonchev–Trinajstić information content (AvgIpc) is 2.52. The molecule has 0 atom stereocenters. The summed E-state index contributed by atoms with van der Waals surface area (Å²) in [6, 6.07) is 4.13. The minimum atomic E-state index is -6.56. The van der Waals surface area contributed by atoms with E-state index in [1.807, 2.05) is 0 Å².